The van der Waals surface area contributed by atoms with Crippen molar-refractivity contribution in [3.8, 4) is 0 Å². The van der Waals surface area contributed by atoms with Gasteiger partial charge in [0.1, 0.15) is 0 Å². The van der Waals surface area contributed by atoms with E-state index in [2.05, 4.69) is 38.1 Å². The molecule has 1 heterocycles. The van der Waals surface area contributed by atoms with Crippen LogP contribution in [0.25, 0.3) is 0 Å². The number of likely N-dealkylation sites (N-methyl/N-ethyl adjacent to an activating group) is 1. The molecule has 0 saturated carbocycles. The molecule has 3 nitrogen and oxygen atoms in total. The van der Waals surface area contributed by atoms with Gasteiger partial charge in [-0.25, -0.2) is 0 Å². The Bertz CT molecular complexity index is 219. The zero-order chi connectivity index (χ0) is 8.27. The maximum atomic E-state index is 4.18. The summed E-state index contributed by atoms with van der Waals surface area (Å²) in [6.07, 6.45) is 3.94. The van der Waals surface area contributed by atoms with Crippen molar-refractivity contribution < 1.29 is 0 Å². The quantitative estimate of drug-likeness (QED) is 0.551. The van der Waals surface area contributed by atoms with Gasteiger partial charge in [0.05, 0.1) is 12.7 Å². The van der Waals surface area contributed by atoms with Crippen molar-refractivity contribution in [2.45, 2.75) is 13.5 Å². The Morgan fingerprint density at radius 1 is 1.73 bits per heavy atom. The second-order valence-corrected chi connectivity index (χ2v) is 3.08. The first-order valence-electron chi connectivity index (χ1n) is 3.82. The van der Waals surface area contributed by atoms with Crippen LogP contribution in [0.4, 0.5) is 0 Å². The second kappa shape index (κ2) is 3.58. The van der Waals surface area contributed by atoms with Gasteiger partial charge in [-0.2, -0.15) is 5.10 Å². The molecular weight excluding hydrogens is 137 g/mol. The fourth-order valence-electron chi connectivity index (χ4n) is 0.892. The van der Waals surface area contributed by atoms with Crippen LogP contribution in [-0.4, -0.2) is 36.2 Å². The molecule has 0 aromatic carbocycles. The third-order valence-corrected chi connectivity index (χ3v) is 1.54. The fraction of sp³-hybridized carbons (Fsp3) is 0.571. The predicted octanol–water partition coefficient (Wildman–Crippen LogP) is -0.329. The molecule has 1 aromatic rings. The van der Waals surface area contributed by atoms with Crippen molar-refractivity contribution in [1.29, 1.82) is 0 Å². The smallest absolute Gasteiger partial charge is 0.185 e. The SMILES string of the molecule is BN(C)CCn1cc(C)cn1. The van der Waals surface area contributed by atoms with Crippen molar-refractivity contribution in [3.63, 3.8) is 0 Å². The van der Waals surface area contributed by atoms with Gasteiger partial charge in [0.25, 0.3) is 0 Å². The predicted molar refractivity (Wildman–Crippen MR) is 48.1 cm³/mol. The van der Waals surface area contributed by atoms with E-state index in [0.29, 0.717) is 0 Å². The number of nitrogens with zero attached hydrogens (tertiary/aromatic N) is 3. The van der Waals surface area contributed by atoms with Crippen LogP contribution >= 0.6 is 0 Å². The molecular formula is C7H14BN3. The third-order valence-electron chi connectivity index (χ3n) is 1.54. The molecule has 0 amide bonds. The van der Waals surface area contributed by atoms with Gasteiger partial charge >= 0.3 is 0 Å². The van der Waals surface area contributed by atoms with Gasteiger partial charge in [-0.1, -0.05) is 0 Å². The molecule has 0 atom stereocenters. The summed E-state index contributed by atoms with van der Waals surface area (Å²) in [6.45, 7) is 4.07. The van der Waals surface area contributed by atoms with Crippen LogP contribution < -0.4 is 0 Å². The lowest BCUT2D eigenvalue weighted by molar-refractivity contribution is 0.470. The highest BCUT2D eigenvalue weighted by atomic mass is 15.3. The van der Waals surface area contributed by atoms with Gasteiger partial charge in [-0.15, -0.1) is 0 Å². The van der Waals surface area contributed by atoms with E-state index in [0.717, 1.165) is 13.1 Å². The number of aromatic nitrogens is 2. The minimum Gasteiger partial charge on any atom is -0.350 e. The summed E-state index contributed by atoms with van der Waals surface area (Å²) in [7, 11) is 4.13. The van der Waals surface area contributed by atoms with E-state index >= 15 is 0 Å². The van der Waals surface area contributed by atoms with Crippen LogP contribution in [0.15, 0.2) is 12.4 Å². The summed E-state index contributed by atoms with van der Waals surface area (Å²) in [5, 5.41) is 4.18. The van der Waals surface area contributed by atoms with Gasteiger partial charge < -0.3 is 4.81 Å². The first-order valence-corrected chi connectivity index (χ1v) is 3.82. The molecule has 60 valence electrons. The van der Waals surface area contributed by atoms with Crippen LogP contribution in [0.2, 0.25) is 0 Å². The van der Waals surface area contributed by atoms with Crippen molar-refractivity contribution in [1.82, 2.24) is 14.6 Å². The summed E-state index contributed by atoms with van der Waals surface area (Å²) in [6, 6.07) is 0. The number of hydrogen-bond acceptors (Lipinski definition) is 2. The Balaban J connectivity index is 2.39. The van der Waals surface area contributed by atoms with E-state index in [4.69, 9.17) is 0 Å². The van der Waals surface area contributed by atoms with E-state index in [1.807, 2.05) is 10.9 Å². The van der Waals surface area contributed by atoms with Gasteiger partial charge in [-0.3, -0.25) is 4.68 Å². The Morgan fingerprint density at radius 2 is 2.45 bits per heavy atom. The van der Waals surface area contributed by atoms with Crippen LogP contribution in [-0.2, 0) is 6.54 Å². The minimum absolute atomic E-state index is 0.973. The van der Waals surface area contributed by atoms with E-state index < -0.39 is 0 Å². The van der Waals surface area contributed by atoms with Gasteiger partial charge in [0, 0.05) is 12.7 Å². The van der Waals surface area contributed by atoms with E-state index in [1.54, 1.807) is 0 Å². The lowest BCUT2D eigenvalue weighted by Gasteiger charge is -2.08. The molecule has 0 radical (unpaired) electrons. The summed E-state index contributed by atoms with van der Waals surface area (Å²) >= 11 is 0. The number of aryl methyl sites for hydroxylation is 1. The van der Waals surface area contributed by atoms with Gasteiger partial charge in [-0.05, 0) is 19.5 Å². The van der Waals surface area contributed by atoms with Crippen LogP contribution in [0.3, 0.4) is 0 Å². The molecule has 1 rings (SSSR count). The van der Waals surface area contributed by atoms with Gasteiger partial charge in [0.2, 0.25) is 0 Å². The average Bonchev–Trinajstić information content (AvgIpc) is 2.31. The summed E-state index contributed by atoms with van der Waals surface area (Å²) in [4.78, 5) is 2.15. The van der Waals surface area contributed by atoms with E-state index in [-0.39, 0.29) is 0 Å². The Labute approximate surface area is 68.4 Å². The van der Waals surface area contributed by atoms with Crippen LogP contribution in [0.5, 0.6) is 0 Å². The lowest BCUT2D eigenvalue weighted by atomic mass is 10.3. The minimum atomic E-state index is 0.973. The molecule has 0 aliphatic carbocycles. The molecule has 0 unspecified atom stereocenters. The van der Waals surface area contributed by atoms with Crippen molar-refractivity contribution in [2.24, 2.45) is 0 Å². The van der Waals surface area contributed by atoms with Crippen molar-refractivity contribution in [2.75, 3.05) is 13.6 Å². The molecule has 4 heteroatoms. The standard InChI is InChI=1S/C7H14BN3/c1-7-5-9-11(6-7)4-3-10(2)8/h5-6H,3-4,8H2,1-2H3. The van der Waals surface area contributed by atoms with Crippen LogP contribution in [0, 0.1) is 6.92 Å². The largest absolute Gasteiger partial charge is 0.350 e. The topological polar surface area (TPSA) is 21.1 Å². The van der Waals surface area contributed by atoms with Crippen molar-refractivity contribution >= 4 is 7.98 Å². The normalized spacial score (nSPS) is 10.8. The number of rotatable bonds is 3. The van der Waals surface area contributed by atoms with E-state index in [1.165, 1.54) is 5.56 Å². The highest BCUT2D eigenvalue weighted by Gasteiger charge is 1.93. The molecule has 0 N–H and O–H groups in total. The fourth-order valence-corrected chi connectivity index (χ4v) is 0.892. The maximum absolute atomic E-state index is 4.18. The Morgan fingerprint density at radius 3 is 2.91 bits per heavy atom. The third kappa shape index (κ3) is 2.76. The van der Waals surface area contributed by atoms with Crippen LogP contribution in [0.1, 0.15) is 5.56 Å². The highest BCUT2D eigenvalue weighted by molar-refractivity contribution is 6.04. The molecule has 0 saturated heterocycles. The first kappa shape index (κ1) is 8.33. The molecule has 0 fully saturated rings. The molecule has 11 heavy (non-hydrogen) atoms. The highest BCUT2D eigenvalue weighted by Crippen LogP contribution is 1.93. The average molecular weight is 151 g/mol. The van der Waals surface area contributed by atoms with Gasteiger partial charge in [0.15, 0.2) is 7.98 Å². The zero-order valence-corrected chi connectivity index (χ0v) is 7.41. The Hall–Kier alpha value is -0.765. The lowest BCUT2D eigenvalue weighted by Crippen LogP contribution is -2.20. The summed E-state index contributed by atoms with van der Waals surface area (Å²) in [5.74, 6) is 0. The molecule has 0 aliphatic heterocycles. The maximum Gasteiger partial charge on any atom is 0.185 e. The summed E-state index contributed by atoms with van der Waals surface area (Å²) < 4.78 is 1.97. The molecule has 0 bridgehead atoms. The Kier molecular flexibility index (Phi) is 2.71. The molecule has 0 aliphatic rings. The van der Waals surface area contributed by atoms with E-state index in [9.17, 15) is 0 Å². The summed E-state index contributed by atoms with van der Waals surface area (Å²) in [5.41, 5.74) is 1.23. The second-order valence-electron chi connectivity index (χ2n) is 3.08. The zero-order valence-electron chi connectivity index (χ0n) is 7.41. The molecule has 0 spiro atoms. The molecule has 1 aromatic heterocycles. The van der Waals surface area contributed by atoms with Crippen molar-refractivity contribution in [3.05, 3.63) is 18.0 Å². The number of hydrogen-bond donors (Lipinski definition) is 0. The first-order chi connectivity index (χ1) is 5.18. The monoisotopic (exact) mass is 151 g/mol.